The Hall–Kier alpha value is -1.68. The van der Waals surface area contributed by atoms with E-state index in [2.05, 4.69) is 19.1 Å². The topological polar surface area (TPSA) is 22.3 Å². The predicted molar refractivity (Wildman–Crippen MR) is 64.8 cm³/mol. The number of hydrogen-bond acceptors (Lipinski definition) is 1. The van der Waals surface area contributed by atoms with Crippen molar-refractivity contribution < 1.29 is 9.29 Å². The average Bonchev–Trinajstić information content (AvgIpc) is 2.69. The molecule has 1 aromatic heterocycles. The van der Waals surface area contributed by atoms with Crippen molar-refractivity contribution in [2.45, 2.75) is 13.5 Å². The summed E-state index contributed by atoms with van der Waals surface area (Å²) >= 11 is 0. The number of aromatic nitrogens is 2. The monoisotopic (exact) mass is 234 g/mol. The van der Waals surface area contributed by atoms with Crippen LogP contribution in [0.15, 0.2) is 30.6 Å². The van der Waals surface area contributed by atoms with E-state index in [4.69, 9.17) is 0 Å². The van der Waals surface area contributed by atoms with Crippen LogP contribution in [0.2, 0.25) is 0 Å². The molecule has 0 aliphatic carbocycles. The third-order valence-corrected chi connectivity index (χ3v) is 2.66. The summed E-state index contributed by atoms with van der Waals surface area (Å²) in [6.45, 7) is 2.57. The van der Waals surface area contributed by atoms with Crippen LogP contribution in [0.4, 0.5) is 4.39 Å². The zero-order valence-electron chi connectivity index (χ0n) is 10.4. The fraction of sp³-hybridized carbons (Fsp3) is 0.308. The van der Waals surface area contributed by atoms with Gasteiger partial charge in [0.2, 0.25) is 0 Å². The molecule has 0 radical (unpaired) electrons. The van der Waals surface area contributed by atoms with Crippen LogP contribution in [0.3, 0.4) is 0 Å². The molecule has 4 heteroatoms. The number of aryl methyl sites for hydroxylation is 1. The molecular formula is C13H17FN3+. The Morgan fingerprint density at radius 2 is 2.12 bits per heavy atom. The number of imidazole rings is 1. The lowest BCUT2D eigenvalue weighted by molar-refractivity contribution is -0.873. The van der Waals surface area contributed by atoms with Crippen molar-refractivity contribution in [3.63, 3.8) is 0 Å². The minimum absolute atomic E-state index is 0.181. The zero-order chi connectivity index (χ0) is 12.4. The summed E-state index contributed by atoms with van der Waals surface area (Å²) in [5, 5.41) is 0. The van der Waals surface area contributed by atoms with Gasteiger partial charge in [0.05, 0.1) is 14.1 Å². The first-order valence-electron chi connectivity index (χ1n) is 5.65. The van der Waals surface area contributed by atoms with Crippen molar-refractivity contribution in [3.05, 3.63) is 47.8 Å². The van der Waals surface area contributed by atoms with Crippen LogP contribution in [-0.2, 0) is 6.54 Å². The van der Waals surface area contributed by atoms with Gasteiger partial charge in [-0.15, -0.1) is 0 Å². The molecule has 0 aliphatic rings. The molecule has 1 heterocycles. The second-order valence-electron chi connectivity index (χ2n) is 4.53. The van der Waals surface area contributed by atoms with E-state index < -0.39 is 0 Å². The van der Waals surface area contributed by atoms with Crippen molar-refractivity contribution in [1.29, 1.82) is 0 Å². The fourth-order valence-electron chi connectivity index (χ4n) is 1.75. The molecule has 90 valence electrons. The summed E-state index contributed by atoms with van der Waals surface area (Å²) in [5.74, 6) is 0.757. The van der Waals surface area contributed by atoms with E-state index in [9.17, 15) is 4.39 Å². The lowest BCUT2D eigenvalue weighted by Crippen LogP contribution is -3.04. The fourth-order valence-corrected chi connectivity index (χ4v) is 1.75. The Bertz CT molecular complexity index is 517. The van der Waals surface area contributed by atoms with Crippen LogP contribution < -0.4 is 4.90 Å². The van der Waals surface area contributed by atoms with Crippen LogP contribution in [0.25, 0.3) is 5.69 Å². The molecule has 0 saturated heterocycles. The number of hydrogen-bond donors (Lipinski definition) is 1. The van der Waals surface area contributed by atoms with Crippen LogP contribution >= 0.6 is 0 Å². The molecule has 0 spiro atoms. The predicted octanol–water partition coefficient (Wildman–Crippen LogP) is 0.964. The Balaban J connectivity index is 2.39. The number of halogens is 1. The maximum absolute atomic E-state index is 13.5. The highest BCUT2D eigenvalue weighted by atomic mass is 19.1. The van der Waals surface area contributed by atoms with Crippen molar-refractivity contribution >= 4 is 0 Å². The Labute approximate surface area is 101 Å². The van der Waals surface area contributed by atoms with Gasteiger partial charge in [-0.1, -0.05) is 6.07 Å². The molecule has 2 rings (SSSR count). The number of benzene rings is 1. The van der Waals surface area contributed by atoms with Gasteiger partial charge >= 0.3 is 0 Å². The van der Waals surface area contributed by atoms with Gasteiger partial charge in [0.25, 0.3) is 0 Å². The quantitative estimate of drug-likeness (QED) is 0.840. The number of nitrogens with zero attached hydrogens (tertiary/aromatic N) is 2. The van der Waals surface area contributed by atoms with Crippen molar-refractivity contribution in [3.8, 4) is 5.69 Å². The molecule has 2 aromatic rings. The number of rotatable bonds is 3. The third-order valence-electron chi connectivity index (χ3n) is 2.66. The van der Waals surface area contributed by atoms with Gasteiger partial charge in [-0.05, 0) is 24.6 Å². The first-order valence-corrected chi connectivity index (χ1v) is 5.65. The van der Waals surface area contributed by atoms with E-state index in [1.54, 1.807) is 25.3 Å². The summed E-state index contributed by atoms with van der Waals surface area (Å²) in [5.41, 5.74) is 1.48. The van der Waals surface area contributed by atoms with E-state index >= 15 is 0 Å². The van der Waals surface area contributed by atoms with Crippen molar-refractivity contribution in [2.24, 2.45) is 0 Å². The molecule has 0 amide bonds. The van der Waals surface area contributed by atoms with E-state index in [1.165, 1.54) is 4.90 Å². The summed E-state index contributed by atoms with van der Waals surface area (Å²) < 4.78 is 15.5. The highest BCUT2D eigenvalue weighted by Crippen LogP contribution is 2.14. The van der Waals surface area contributed by atoms with Gasteiger partial charge in [-0.25, -0.2) is 9.37 Å². The van der Waals surface area contributed by atoms with Crippen LogP contribution in [-0.4, -0.2) is 23.6 Å². The third kappa shape index (κ3) is 2.53. The highest BCUT2D eigenvalue weighted by molar-refractivity contribution is 5.36. The molecular weight excluding hydrogens is 217 g/mol. The molecule has 0 bridgehead atoms. The molecule has 17 heavy (non-hydrogen) atoms. The van der Waals surface area contributed by atoms with Gasteiger partial charge in [0.15, 0.2) is 5.82 Å². The number of quaternary nitrogens is 1. The van der Waals surface area contributed by atoms with Gasteiger partial charge in [0.1, 0.15) is 12.4 Å². The molecule has 0 saturated carbocycles. The lowest BCUT2D eigenvalue weighted by atomic mass is 10.2. The van der Waals surface area contributed by atoms with E-state index in [0.717, 1.165) is 18.1 Å². The molecule has 1 N–H and O–H groups in total. The summed E-state index contributed by atoms with van der Waals surface area (Å²) in [4.78, 5) is 5.59. The van der Waals surface area contributed by atoms with Crippen LogP contribution in [0, 0.1) is 12.7 Å². The molecule has 3 nitrogen and oxygen atoms in total. The molecule has 0 unspecified atom stereocenters. The number of nitrogens with one attached hydrogen (secondary N) is 1. The van der Waals surface area contributed by atoms with E-state index in [-0.39, 0.29) is 5.82 Å². The highest BCUT2D eigenvalue weighted by Gasteiger charge is 2.09. The first kappa shape index (κ1) is 11.8. The summed E-state index contributed by atoms with van der Waals surface area (Å²) in [6, 6.07) is 5.25. The van der Waals surface area contributed by atoms with Crippen LogP contribution in [0.5, 0.6) is 0 Å². The van der Waals surface area contributed by atoms with Gasteiger partial charge in [-0.3, -0.25) is 4.57 Å². The first-order chi connectivity index (χ1) is 8.08. The van der Waals surface area contributed by atoms with Crippen molar-refractivity contribution in [2.75, 3.05) is 14.1 Å². The minimum Gasteiger partial charge on any atom is -0.333 e. The van der Waals surface area contributed by atoms with Crippen LogP contribution in [0.1, 0.15) is 11.4 Å². The zero-order valence-corrected chi connectivity index (χ0v) is 10.4. The SMILES string of the molecule is Cc1ccc(-n2ccnc2C[NH+](C)C)cc1F. The Morgan fingerprint density at radius 3 is 2.76 bits per heavy atom. The molecule has 1 aromatic carbocycles. The van der Waals surface area contributed by atoms with E-state index in [1.807, 2.05) is 16.8 Å². The Kier molecular flexibility index (Phi) is 3.24. The average molecular weight is 234 g/mol. The minimum atomic E-state index is -0.181. The molecule has 0 aliphatic heterocycles. The van der Waals surface area contributed by atoms with Crippen molar-refractivity contribution in [1.82, 2.24) is 9.55 Å². The second-order valence-corrected chi connectivity index (χ2v) is 4.53. The maximum Gasteiger partial charge on any atom is 0.168 e. The standard InChI is InChI=1S/C13H16FN3/c1-10-4-5-11(8-12(10)14)17-7-6-15-13(17)9-16(2)3/h4-8H,9H2,1-3H3/p+1. The maximum atomic E-state index is 13.5. The second kappa shape index (κ2) is 4.67. The summed E-state index contributed by atoms with van der Waals surface area (Å²) in [6.07, 6.45) is 3.61. The van der Waals surface area contributed by atoms with E-state index in [0.29, 0.717) is 5.56 Å². The summed E-state index contributed by atoms with van der Waals surface area (Å²) in [7, 11) is 4.13. The molecule has 0 atom stereocenters. The van der Waals surface area contributed by atoms with Gasteiger partial charge in [-0.2, -0.15) is 0 Å². The normalized spacial score (nSPS) is 11.1. The molecule has 0 fully saturated rings. The Morgan fingerprint density at radius 1 is 1.35 bits per heavy atom. The van der Waals surface area contributed by atoms with Gasteiger partial charge in [0, 0.05) is 18.1 Å². The van der Waals surface area contributed by atoms with Gasteiger partial charge < -0.3 is 4.90 Å². The largest absolute Gasteiger partial charge is 0.333 e. The smallest absolute Gasteiger partial charge is 0.168 e. The lowest BCUT2D eigenvalue weighted by Gasteiger charge is -2.10.